The first kappa shape index (κ1) is 23.4. The van der Waals surface area contributed by atoms with Gasteiger partial charge in [-0.25, -0.2) is 0 Å². The van der Waals surface area contributed by atoms with Crippen molar-refractivity contribution in [2.24, 2.45) is 0 Å². The average molecular weight is 344 g/mol. The van der Waals surface area contributed by atoms with Crippen LogP contribution in [-0.4, -0.2) is 36.9 Å². The van der Waals surface area contributed by atoms with E-state index in [4.69, 9.17) is 9.84 Å². The third kappa shape index (κ3) is 16.3. The highest BCUT2D eigenvalue weighted by Gasteiger charge is 2.13. The maximum Gasteiger partial charge on any atom is 0.306 e. The molecule has 0 fully saturated rings. The maximum atomic E-state index is 12.0. The summed E-state index contributed by atoms with van der Waals surface area (Å²) < 4.78 is 5.67. The van der Waals surface area contributed by atoms with Crippen LogP contribution >= 0.6 is 0 Å². The first-order valence-corrected chi connectivity index (χ1v) is 10.3. The number of rotatable bonds is 18. The number of nitrogens with one attached hydrogen (secondary N) is 1. The predicted molar refractivity (Wildman–Crippen MR) is 101 cm³/mol. The van der Waals surface area contributed by atoms with E-state index in [1.807, 2.05) is 0 Å². The highest BCUT2D eigenvalue weighted by atomic mass is 16.5. The Kier molecular flexibility index (Phi) is 18.2. The van der Waals surface area contributed by atoms with Crippen molar-refractivity contribution in [3.63, 3.8) is 0 Å². The molecule has 0 aliphatic carbocycles. The highest BCUT2D eigenvalue weighted by Crippen LogP contribution is 2.14. The molecule has 24 heavy (non-hydrogen) atoms. The Hall–Kier alpha value is -0.610. The van der Waals surface area contributed by atoms with E-state index in [0.717, 1.165) is 70.9 Å². The molecule has 4 nitrogen and oxygen atoms in total. The van der Waals surface area contributed by atoms with Gasteiger partial charge in [0.2, 0.25) is 0 Å². The Bertz CT molecular complexity index is 264. The maximum absolute atomic E-state index is 12.0. The third-order valence-electron chi connectivity index (χ3n) is 4.30. The van der Waals surface area contributed by atoms with Gasteiger partial charge in [-0.2, -0.15) is 0 Å². The van der Waals surface area contributed by atoms with Gasteiger partial charge in [0, 0.05) is 13.0 Å². The number of aliphatic hydroxyl groups excluding tert-OH is 1. The standard InChI is InChI=1S/C20H41NO3/c1-3-5-13-19(14-6-4-2)24-20(23)15-10-8-7-9-11-16-21-17-12-18-22/h19,21-22H,3-18H2,1-2H3. The number of carbonyl (C=O) groups excluding carboxylic acids is 1. The fraction of sp³-hybridized carbons (Fsp3) is 0.950. The molecule has 0 aromatic carbocycles. The van der Waals surface area contributed by atoms with Crippen molar-refractivity contribution >= 4 is 5.97 Å². The first-order valence-electron chi connectivity index (χ1n) is 10.3. The van der Waals surface area contributed by atoms with Crippen molar-refractivity contribution in [2.45, 2.75) is 103 Å². The zero-order valence-corrected chi connectivity index (χ0v) is 16.2. The summed E-state index contributed by atoms with van der Waals surface area (Å²) in [5.74, 6) is -0.00197. The van der Waals surface area contributed by atoms with Crippen LogP contribution in [0.2, 0.25) is 0 Å². The van der Waals surface area contributed by atoms with Gasteiger partial charge in [0.15, 0.2) is 0 Å². The Balaban J connectivity index is 3.54. The molecule has 0 aromatic rings. The highest BCUT2D eigenvalue weighted by molar-refractivity contribution is 5.69. The van der Waals surface area contributed by atoms with Crippen LogP contribution in [0.3, 0.4) is 0 Å². The number of ether oxygens (including phenoxy) is 1. The quantitative estimate of drug-likeness (QED) is 0.282. The molecule has 144 valence electrons. The van der Waals surface area contributed by atoms with Crippen LogP contribution in [0.1, 0.15) is 97.3 Å². The topological polar surface area (TPSA) is 58.6 Å². The van der Waals surface area contributed by atoms with Crippen LogP contribution in [0.5, 0.6) is 0 Å². The summed E-state index contributed by atoms with van der Waals surface area (Å²) in [5.41, 5.74) is 0. The summed E-state index contributed by atoms with van der Waals surface area (Å²) >= 11 is 0. The van der Waals surface area contributed by atoms with Gasteiger partial charge in [-0.1, -0.05) is 58.8 Å². The lowest BCUT2D eigenvalue weighted by molar-refractivity contribution is -0.150. The van der Waals surface area contributed by atoms with Gasteiger partial charge < -0.3 is 15.2 Å². The van der Waals surface area contributed by atoms with Crippen LogP contribution in [-0.2, 0) is 9.53 Å². The molecular weight excluding hydrogens is 302 g/mol. The summed E-state index contributed by atoms with van der Waals surface area (Å²) in [7, 11) is 0. The molecule has 0 rings (SSSR count). The smallest absolute Gasteiger partial charge is 0.306 e. The number of carbonyl (C=O) groups is 1. The Morgan fingerprint density at radius 3 is 2.08 bits per heavy atom. The fourth-order valence-corrected chi connectivity index (χ4v) is 2.75. The second-order valence-electron chi connectivity index (χ2n) is 6.74. The first-order chi connectivity index (χ1) is 11.7. The number of hydrogen-bond donors (Lipinski definition) is 2. The minimum absolute atomic E-state index is 0.00197. The SMILES string of the molecule is CCCCC(CCCC)OC(=O)CCCCCCCNCCCO. The van der Waals surface area contributed by atoms with Crippen LogP contribution in [0.25, 0.3) is 0 Å². The van der Waals surface area contributed by atoms with Gasteiger partial charge in [0.1, 0.15) is 6.10 Å². The molecule has 0 bridgehead atoms. The van der Waals surface area contributed by atoms with Gasteiger partial charge in [0.05, 0.1) is 0 Å². The Morgan fingerprint density at radius 2 is 1.46 bits per heavy atom. The zero-order chi connectivity index (χ0) is 17.9. The van der Waals surface area contributed by atoms with Gasteiger partial charge >= 0.3 is 5.97 Å². The molecule has 0 amide bonds. The number of unbranched alkanes of at least 4 members (excludes halogenated alkanes) is 6. The number of esters is 1. The predicted octanol–water partition coefficient (Wildman–Crippen LogP) is 4.59. The molecule has 0 unspecified atom stereocenters. The van der Waals surface area contributed by atoms with Gasteiger partial charge in [-0.15, -0.1) is 0 Å². The van der Waals surface area contributed by atoms with E-state index >= 15 is 0 Å². The fourth-order valence-electron chi connectivity index (χ4n) is 2.75. The molecule has 0 radical (unpaired) electrons. The molecule has 0 aromatic heterocycles. The molecule has 0 spiro atoms. The summed E-state index contributed by atoms with van der Waals surface area (Å²) in [6.07, 6.45) is 13.8. The van der Waals surface area contributed by atoms with Crippen LogP contribution < -0.4 is 5.32 Å². The van der Waals surface area contributed by atoms with Gasteiger partial charge in [-0.3, -0.25) is 4.79 Å². The van der Waals surface area contributed by atoms with E-state index in [2.05, 4.69) is 19.2 Å². The summed E-state index contributed by atoms with van der Waals surface area (Å²) in [6, 6.07) is 0. The lowest BCUT2D eigenvalue weighted by Crippen LogP contribution is -2.18. The van der Waals surface area contributed by atoms with E-state index in [0.29, 0.717) is 6.42 Å². The van der Waals surface area contributed by atoms with Crippen molar-refractivity contribution in [1.82, 2.24) is 5.32 Å². The molecule has 0 saturated heterocycles. The molecular formula is C20H41NO3. The van der Waals surface area contributed by atoms with E-state index < -0.39 is 0 Å². The molecule has 0 atom stereocenters. The van der Waals surface area contributed by atoms with Crippen molar-refractivity contribution in [2.75, 3.05) is 19.7 Å². The number of aliphatic hydroxyl groups is 1. The Morgan fingerprint density at radius 1 is 0.875 bits per heavy atom. The van der Waals surface area contributed by atoms with Crippen LogP contribution in [0.15, 0.2) is 0 Å². The molecule has 2 N–H and O–H groups in total. The summed E-state index contributed by atoms with van der Waals surface area (Å²) in [5, 5.41) is 12.0. The van der Waals surface area contributed by atoms with E-state index in [1.54, 1.807) is 0 Å². The normalized spacial score (nSPS) is 11.2. The van der Waals surface area contributed by atoms with Crippen molar-refractivity contribution in [3.05, 3.63) is 0 Å². The molecule has 0 saturated carbocycles. The molecule has 0 aliphatic heterocycles. The average Bonchev–Trinajstić information content (AvgIpc) is 2.59. The number of hydrogen-bond acceptors (Lipinski definition) is 4. The lowest BCUT2D eigenvalue weighted by Gasteiger charge is -2.17. The monoisotopic (exact) mass is 343 g/mol. The van der Waals surface area contributed by atoms with E-state index in [9.17, 15) is 4.79 Å². The van der Waals surface area contributed by atoms with E-state index in [-0.39, 0.29) is 18.7 Å². The minimum Gasteiger partial charge on any atom is -0.462 e. The molecule has 0 heterocycles. The van der Waals surface area contributed by atoms with Crippen molar-refractivity contribution in [1.29, 1.82) is 0 Å². The van der Waals surface area contributed by atoms with Crippen molar-refractivity contribution < 1.29 is 14.6 Å². The molecule has 4 heteroatoms. The minimum atomic E-state index is -0.00197. The van der Waals surface area contributed by atoms with Crippen LogP contribution in [0, 0.1) is 0 Å². The Labute approximate surface area is 149 Å². The zero-order valence-electron chi connectivity index (χ0n) is 16.2. The largest absolute Gasteiger partial charge is 0.462 e. The summed E-state index contributed by atoms with van der Waals surface area (Å²) in [4.78, 5) is 12.0. The summed E-state index contributed by atoms with van der Waals surface area (Å²) in [6.45, 7) is 6.56. The second-order valence-corrected chi connectivity index (χ2v) is 6.74. The van der Waals surface area contributed by atoms with E-state index in [1.165, 1.54) is 19.3 Å². The van der Waals surface area contributed by atoms with Crippen LogP contribution in [0.4, 0.5) is 0 Å². The second kappa shape index (κ2) is 18.7. The lowest BCUT2D eigenvalue weighted by atomic mass is 10.1. The van der Waals surface area contributed by atoms with Crippen molar-refractivity contribution in [3.8, 4) is 0 Å². The third-order valence-corrected chi connectivity index (χ3v) is 4.30. The van der Waals surface area contributed by atoms with Gasteiger partial charge in [0.25, 0.3) is 0 Å². The molecule has 0 aliphatic rings. The van der Waals surface area contributed by atoms with Gasteiger partial charge in [-0.05, 0) is 45.2 Å².